The summed E-state index contributed by atoms with van der Waals surface area (Å²) in [5.41, 5.74) is 0.0931. The maximum absolute atomic E-state index is 13.8. The Labute approximate surface area is 180 Å². The van der Waals surface area contributed by atoms with Gasteiger partial charge in [-0.1, -0.05) is 12.1 Å². The second-order valence-corrected chi connectivity index (χ2v) is 8.40. The predicted octanol–water partition coefficient (Wildman–Crippen LogP) is 3.97. The Kier molecular flexibility index (Phi) is 4.38. The number of hydrogen-bond donors (Lipinski definition) is 1. The van der Waals surface area contributed by atoms with Crippen molar-refractivity contribution >= 4 is 22.7 Å². The van der Waals surface area contributed by atoms with E-state index in [0.29, 0.717) is 29.6 Å². The number of fused-ring (bicyclic) bond motifs is 5. The van der Waals surface area contributed by atoms with E-state index in [0.717, 1.165) is 17.7 Å². The lowest BCUT2D eigenvalue weighted by Crippen LogP contribution is -2.66. The van der Waals surface area contributed by atoms with Crippen LogP contribution in [0.25, 0.3) is 10.9 Å². The van der Waals surface area contributed by atoms with E-state index in [2.05, 4.69) is 4.98 Å². The average molecular weight is 445 g/mol. The first-order valence-corrected chi connectivity index (χ1v) is 10.2. The highest BCUT2D eigenvalue weighted by molar-refractivity contribution is 6.00. The average Bonchev–Trinajstić information content (AvgIpc) is 3.11. The van der Waals surface area contributed by atoms with E-state index in [-0.39, 0.29) is 30.5 Å². The number of hydrogen-bond acceptors (Lipinski definition) is 2. The molecule has 0 unspecified atom stereocenters. The fourth-order valence-corrected chi connectivity index (χ4v) is 4.90. The smallest absolute Gasteiger partial charge is 0.356 e. The number of aromatic nitrogens is 1. The van der Waals surface area contributed by atoms with Crippen LogP contribution in [0.4, 0.5) is 17.6 Å². The van der Waals surface area contributed by atoms with Gasteiger partial charge in [0, 0.05) is 24.0 Å². The molecule has 1 aromatic heterocycles. The number of benzene rings is 2. The van der Waals surface area contributed by atoms with E-state index in [1.807, 2.05) is 0 Å². The Morgan fingerprint density at radius 2 is 1.91 bits per heavy atom. The minimum Gasteiger partial charge on any atom is -0.356 e. The van der Waals surface area contributed by atoms with Crippen LogP contribution in [-0.4, -0.2) is 39.7 Å². The number of halogens is 4. The minimum absolute atomic E-state index is 0.123. The predicted molar refractivity (Wildman–Crippen MR) is 108 cm³/mol. The van der Waals surface area contributed by atoms with Crippen LogP contribution in [-0.2, 0) is 34.3 Å². The van der Waals surface area contributed by atoms with Crippen molar-refractivity contribution < 1.29 is 27.2 Å². The van der Waals surface area contributed by atoms with Crippen molar-refractivity contribution in [2.45, 2.75) is 31.6 Å². The lowest BCUT2D eigenvalue weighted by atomic mass is 9.83. The molecule has 2 aromatic carbocycles. The van der Waals surface area contributed by atoms with E-state index in [1.165, 1.54) is 34.1 Å². The molecule has 1 saturated heterocycles. The molecule has 1 fully saturated rings. The van der Waals surface area contributed by atoms with Crippen molar-refractivity contribution in [1.29, 1.82) is 0 Å². The minimum atomic E-state index is -4.50. The van der Waals surface area contributed by atoms with Gasteiger partial charge >= 0.3 is 6.18 Å². The van der Waals surface area contributed by atoms with E-state index in [4.69, 9.17) is 0 Å². The van der Waals surface area contributed by atoms with Gasteiger partial charge in [0.1, 0.15) is 12.4 Å². The van der Waals surface area contributed by atoms with Gasteiger partial charge in [-0.2, -0.15) is 13.2 Å². The van der Waals surface area contributed by atoms with E-state index in [1.54, 1.807) is 13.0 Å². The normalized spacial score (nSPS) is 21.2. The van der Waals surface area contributed by atoms with Crippen LogP contribution < -0.4 is 0 Å². The molecule has 32 heavy (non-hydrogen) atoms. The number of nitrogens with one attached hydrogen (secondary N) is 1. The first-order chi connectivity index (χ1) is 15.1. The summed E-state index contributed by atoms with van der Waals surface area (Å²) < 4.78 is 53.1. The van der Waals surface area contributed by atoms with Gasteiger partial charge in [0.2, 0.25) is 5.91 Å². The Morgan fingerprint density at radius 1 is 1.12 bits per heavy atom. The highest BCUT2D eigenvalue weighted by Gasteiger charge is 2.54. The standard InChI is InChI=1S/C23H19F4N3O2/c1-22-20-16(17-10-15(24)5-6-18(17)28-20)7-8-30(22)19(31)12-29(21(22)32)11-13-3-2-4-14(9-13)23(25,26)27/h2-6,9-10,28H,7-8,11-12H2,1H3/t22-/m0/s1. The van der Waals surface area contributed by atoms with E-state index < -0.39 is 23.1 Å². The number of carbonyl (C=O) groups excluding carboxylic acids is 2. The first-order valence-electron chi connectivity index (χ1n) is 10.2. The molecule has 0 saturated carbocycles. The van der Waals surface area contributed by atoms with Gasteiger partial charge in [-0.3, -0.25) is 9.59 Å². The second kappa shape index (κ2) is 6.82. The molecule has 1 N–H and O–H groups in total. The third-order valence-corrected chi connectivity index (χ3v) is 6.44. The largest absolute Gasteiger partial charge is 0.416 e. The summed E-state index contributed by atoms with van der Waals surface area (Å²) >= 11 is 0. The zero-order valence-corrected chi connectivity index (χ0v) is 17.1. The topological polar surface area (TPSA) is 56.4 Å². The summed E-state index contributed by atoms with van der Waals surface area (Å²) in [5, 5.41) is 0.663. The highest BCUT2D eigenvalue weighted by Crippen LogP contribution is 2.42. The second-order valence-electron chi connectivity index (χ2n) is 8.40. The molecular weight excluding hydrogens is 426 g/mol. The summed E-state index contributed by atoms with van der Waals surface area (Å²) in [6.45, 7) is 1.60. The highest BCUT2D eigenvalue weighted by atomic mass is 19.4. The third-order valence-electron chi connectivity index (χ3n) is 6.44. The Morgan fingerprint density at radius 3 is 2.66 bits per heavy atom. The van der Waals surface area contributed by atoms with Gasteiger partial charge in [-0.25, -0.2) is 4.39 Å². The summed E-state index contributed by atoms with van der Waals surface area (Å²) in [4.78, 5) is 32.6. The van der Waals surface area contributed by atoms with Crippen molar-refractivity contribution in [2.75, 3.05) is 13.1 Å². The van der Waals surface area contributed by atoms with Crippen molar-refractivity contribution in [3.8, 4) is 0 Å². The summed E-state index contributed by atoms with van der Waals surface area (Å²) in [6.07, 6.45) is -4.03. The van der Waals surface area contributed by atoms with Crippen LogP contribution in [0.1, 0.15) is 29.3 Å². The Hall–Kier alpha value is -3.36. The quantitative estimate of drug-likeness (QED) is 0.607. The fourth-order valence-electron chi connectivity index (χ4n) is 4.90. The van der Waals surface area contributed by atoms with Crippen molar-refractivity contribution in [3.05, 3.63) is 70.7 Å². The number of rotatable bonds is 2. The van der Waals surface area contributed by atoms with Gasteiger partial charge < -0.3 is 14.8 Å². The van der Waals surface area contributed by atoms with Crippen LogP contribution in [0.5, 0.6) is 0 Å². The molecule has 0 radical (unpaired) electrons. The van der Waals surface area contributed by atoms with E-state index >= 15 is 0 Å². The maximum Gasteiger partial charge on any atom is 0.416 e. The van der Waals surface area contributed by atoms with Crippen molar-refractivity contribution in [3.63, 3.8) is 0 Å². The van der Waals surface area contributed by atoms with E-state index in [9.17, 15) is 27.2 Å². The van der Waals surface area contributed by atoms with Crippen LogP contribution >= 0.6 is 0 Å². The first kappa shape index (κ1) is 20.5. The molecule has 3 aromatic rings. The number of alkyl halides is 3. The van der Waals surface area contributed by atoms with Gasteiger partial charge in [0.25, 0.3) is 5.91 Å². The molecule has 5 rings (SSSR count). The molecule has 0 bridgehead atoms. The molecule has 2 amide bonds. The summed E-state index contributed by atoms with van der Waals surface area (Å²) in [7, 11) is 0. The van der Waals surface area contributed by atoms with Crippen LogP contribution in [0.15, 0.2) is 42.5 Å². The van der Waals surface area contributed by atoms with Crippen molar-refractivity contribution in [1.82, 2.24) is 14.8 Å². The van der Waals surface area contributed by atoms with Gasteiger partial charge in [-0.15, -0.1) is 0 Å². The van der Waals surface area contributed by atoms with Crippen LogP contribution in [0, 0.1) is 5.82 Å². The van der Waals surface area contributed by atoms with Crippen LogP contribution in [0.2, 0.25) is 0 Å². The van der Waals surface area contributed by atoms with Gasteiger partial charge in [0.15, 0.2) is 5.54 Å². The van der Waals surface area contributed by atoms with Gasteiger partial charge in [-0.05, 0) is 54.8 Å². The number of H-pyrrole nitrogens is 1. The number of nitrogens with zero attached hydrogens (tertiary/aromatic N) is 2. The number of piperazine rings is 1. The zero-order chi connectivity index (χ0) is 22.8. The number of carbonyl (C=O) groups is 2. The number of amides is 2. The molecule has 3 heterocycles. The third kappa shape index (κ3) is 2.98. The Balaban J connectivity index is 1.55. The molecule has 9 heteroatoms. The number of aromatic amines is 1. The zero-order valence-electron chi connectivity index (χ0n) is 17.1. The molecule has 5 nitrogen and oxygen atoms in total. The molecule has 1 atom stereocenters. The molecule has 0 aliphatic carbocycles. The molecule has 166 valence electrons. The van der Waals surface area contributed by atoms with Gasteiger partial charge in [0.05, 0.1) is 11.3 Å². The van der Waals surface area contributed by atoms with Crippen molar-refractivity contribution in [2.24, 2.45) is 0 Å². The lowest BCUT2D eigenvalue weighted by Gasteiger charge is -2.49. The van der Waals surface area contributed by atoms with Crippen LogP contribution in [0.3, 0.4) is 0 Å². The lowest BCUT2D eigenvalue weighted by molar-refractivity contribution is -0.166. The maximum atomic E-state index is 13.8. The molecule has 2 aliphatic heterocycles. The molecule has 2 aliphatic rings. The summed E-state index contributed by atoms with van der Waals surface area (Å²) in [5.74, 6) is -1.07. The Bertz CT molecular complexity index is 1270. The monoisotopic (exact) mass is 445 g/mol. The summed E-state index contributed by atoms with van der Waals surface area (Å²) in [6, 6.07) is 9.05. The SMILES string of the molecule is C[C@]12C(=O)N(Cc3cccc(C(F)(F)F)c3)CC(=O)N1CCc1c2[nH]c2ccc(F)cc12. The fraction of sp³-hybridized carbons (Fsp3) is 0.304. The molecular formula is C23H19F4N3O2. The molecule has 0 spiro atoms.